The van der Waals surface area contributed by atoms with Crippen molar-refractivity contribution >= 4 is 5.78 Å². The standard InChI is InChI=1S/C17H22O2/c1-2-3-11-14-17(19)15-12-9-7-5-4-6-8-10-13-16-18/h7,9,12,15,18H,2-3,10-11,13-14,16H2,1H3/b9-7+,15-12+. The molecule has 0 heterocycles. The Morgan fingerprint density at radius 2 is 2.00 bits per heavy atom. The van der Waals surface area contributed by atoms with Crippen molar-refractivity contribution in [2.45, 2.75) is 45.4 Å². The molecule has 19 heavy (non-hydrogen) atoms. The van der Waals surface area contributed by atoms with E-state index in [1.54, 1.807) is 24.3 Å². The van der Waals surface area contributed by atoms with E-state index in [0.29, 0.717) is 19.3 Å². The fraction of sp³-hybridized carbons (Fsp3) is 0.471. The normalized spacial score (nSPS) is 10.0. The number of aliphatic hydroxyl groups is 1. The maximum atomic E-state index is 11.4. The van der Waals surface area contributed by atoms with Crippen molar-refractivity contribution in [1.29, 1.82) is 0 Å². The first kappa shape index (κ1) is 17.2. The van der Waals surface area contributed by atoms with E-state index in [0.717, 1.165) is 19.3 Å². The Labute approximate surface area is 116 Å². The average molecular weight is 258 g/mol. The monoisotopic (exact) mass is 258 g/mol. The van der Waals surface area contributed by atoms with Crippen LogP contribution >= 0.6 is 0 Å². The molecule has 0 aromatic carbocycles. The van der Waals surface area contributed by atoms with Gasteiger partial charge in [0, 0.05) is 19.4 Å². The van der Waals surface area contributed by atoms with E-state index in [4.69, 9.17) is 5.11 Å². The molecule has 0 aliphatic carbocycles. The number of allylic oxidation sites excluding steroid dienone is 4. The van der Waals surface area contributed by atoms with Gasteiger partial charge in [-0.15, -0.1) is 0 Å². The molecule has 1 N–H and O–H groups in total. The lowest BCUT2D eigenvalue weighted by molar-refractivity contribution is -0.114. The van der Waals surface area contributed by atoms with Crippen LogP contribution in [-0.4, -0.2) is 17.5 Å². The molecular formula is C17H22O2. The average Bonchev–Trinajstić information content (AvgIpc) is 2.41. The molecule has 0 fully saturated rings. The van der Waals surface area contributed by atoms with Gasteiger partial charge in [-0.2, -0.15) is 0 Å². The first-order valence-corrected chi connectivity index (χ1v) is 6.76. The van der Waals surface area contributed by atoms with Crippen molar-refractivity contribution in [3.05, 3.63) is 24.3 Å². The summed E-state index contributed by atoms with van der Waals surface area (Å²) >= 11 is 0. The summed E-state index contributed by atoms with van der Waals surface area (Å²) in [6.07, 6.45) is 11.9. The smallest absolute Gasteiger partial charge is 0.155 e. The molecule has 0 aliphatic rings. The molecule has 0 unspecified atom stereocenters. The molecule has 0 radical (unpaired) electrons. The summed E-state index contributed by atoms with van der Waals surface area (Å²) in [4.78, 5) is 11.4. The summed E-state index contributed by atoms with van der Waals surface area (Å²) in [6, 6.07) is 0. The molecule has 0 saturated carbocycles. The molecule has 0 aliphatic heterocycles. The Balaban J connectivity index is 3.79. The minimum absolute atomic E-state index is 0.162. The van der Waals surface area contributed by atoms with Crippen LogP contribution in [0, 0.1) is 23.7 Å². The van der Waals surface area contributed by atoms with E-state index in [1.165, 1.54) is 0 Å². The number of unbranched alkanes of at least 4 members (excludes halogenated alkanes) is 3. The van der Waals surface area contributed by atoms with E-state index in [2.05, 4.69) is 30.6 Å². The zero-order valence-corrected chi connectivity index (χ0v) is 11.6. The van der Waals surface area contributed by atoms with Crippen LogP contribution < -0.4 is 0 Å². The van der Waals surface area contributed by atoms with Gasteiger partial charge in [-0.05, 0) is 36.8 Å². The van der Waals surface area contributed by atoms with Gasteiger partial charge in [0.25, 0.3) is 0 Å². The van der Waals surface area contributed by atoms with E-state index in [9.17, 15) is 4.79 Å². The minimum atomic E-state index is 0.162. The molecule has 2 nitrogen and oxygen atoms in total. The second-order valence-corrected chi connectivity index (χ2v) is 4.04. The Hall–Kier alpha value is -1.77. The quantitative estimate of drug-likeness (QED) is 0.314. The SMILES string of the molecule is CCCCCC(=O)/C=C/C=C/C#CC#CCCCO. The zero-order chi connectivity index (χ0) is 14.2. The number of carbonyl (C=O) groups is 1. The fourth-order valence-corrected chi connectivity index (χ4v) is 1.25. The van der Waals surface area contributed by atoms with Gasteiger partial charge in [0.15, 0.2) is 5.78 Å². The van der Waals surface area contributed by atoms with E-state index >= 15 is 0 Å². The lowest BCUT2D eigenvalue weighted by Crippen LogP contribution is -1.91. The summed E-state index contributed by atoms with van der Waals surface area (Å²) in [5.74, 6) is 11.1. The van der Waals surface area contributed by atoms with Crippen LogP contribution in [0.4, 0.5) is 0 Å². The summed E-state index contributed by atoms with van der Waals surface area (Å²) < 4.78 is 0. The van der Waals surface area contributed by atoms with Crippen LogP contribution in [0.1, 0.15) is 45.4 Å². The predicted molar refractivity (Wildman–Crippen MR) is 79.3 cm³/mol. The third-order valence-electron chi connectivity index (χ3n) is 2.28. The molecule has 0 atom stereocenters. The number of ketones is 1. The summed E-state index contributed by atoms with van der Waals surface area (Å²) in [5.41, 5.74) is 0. The molecule has 0 amide bonds. The van der Waals surface area contributed by atoms with Crippen molar-refractivity contribution in [2.75, 3.05) is 6.61 Å². The van der Waals surface area contributed by atoms with Crippen LogP contribution in [-0.2, 0) is 4.79 Å². The lowest BCUT2D eigenvalue weighted by Gasteiger charge is -1.92. The number of aliphatic hydroxyl groups excluding tert-OH is 1. The minimum Gasteiger partial charge on any atom is -0.396 e. The molecule has 0 spiro atoms. The van der Waals surface area contributed by atoms with E-state index in [1.807, 2.05) is 0 Å². The fourth-order valence-electron chi connectivity index (χ4n) is 1.25. The zero-order valence-electron chi connectivity index (χ0n) is 11.6. The van der Waals surface area contributed by atoms with E-state index in [-0.39, 0.29) is 12.4 Å². The highest BCUT2D eigenvalue weighted by atomic mass is 16.2. The second kappa shape index (κ2) is 14.3. The highest BCUT2D eigenvalue weighted by molar-refractivity contribution is 5.89. The maximum absolute atomic E-state index is 11.4. The highest BCUT2D eigenvalue weighted by Gasteiger charge is 1.93. The van der Waals surface area contributed by atoms with Gasteiger partial charge in [-0.3, -0.25) is 4.79 Å². The van der Waals surface area contributed by atoms with Crippen LogP contribution in [0.25, 0.3) is 0 Å². The molecule has 0 aromatic rings. The Bertz CT molecular complexity index is 408. The summed E-state index contributed by atoms with van der Waals surface area (Å²) in [7, 11) is 0. The molecule has 102 valence electrons. The van der Waals surface area contributed by atoms with Crippen LogP contribution in [0.3, 0.4) is 0 Å². The van der Waals surface area contributed by atoms with Gasteiger partial charge in [-0.25, -0.2) is 0 Å². The highest BCUT2D eigenvalue weighted by Crippen LogP contribution is 2.00. The molecular weight excluding hydrogens is 236 g/mol. The van der Waals surface area contributed by atoms with Crippen LogP contribution in [0.2, 0.25) is 0 Å². The van der Waals surface area contributed by atoms with Gasteiger partial charge in [0.2, 0.25) is 0 Å². The van der Waals surface area contributed by atoms with Gasteiger partial charge >= 0.3 is 0 Å². The third kappa shape index (κ3) is 14.2. The van der Waals surface area contributed by atoms with Crippen LogP contribution in [0.5, 0.6) is 0 Å². The van der Waals surface area contributed by atoms with Gasteiger partial charge < -0.3 is 5.11 Å². The molecule has 0 rings (SSSR count). The molecule has 0 bridgehead atoms. The molecule has 0 saturated heterocycles. The molecule has 0 aromatic heterocycles. The number of hydrogen-bond acceptors (Lipinski definition) is 2. The summed E-state index contributed by atoms with van der Waals surface area (Å²) in [5, 5.41) is 8.53. The molecule has 2 heteroatoms. The number of carbonyl (C=O) groups excluding carboxylic acids is 1. The first-order chi connectivity index (χ1) is 9.31. The van der Waals surface area contributed by atoms with Crippen molar-refractivity contribution in [3.8, 4) is 23.7 Å². The van der Waals surface area contributed by atoms with Crippen LogP contribution in [0.15, 0.2) is 24.3 Å². The largest absolute Gasteiger partial charge is 0.396 e. The van der Waals surface area contributed by atoms with Gasteiger partial charge in [0.1, 0.15) is 0 Å². The van der Waals surface area contributed by atoms with Crippen molar-refractivity contribution in [1.82, 2.24) is 0 Å². The van der Waals surface area contributed by atoms with Crippen molar-refractivity contribution in [2.24, 2.45) is 0 Å². The third-order valence-corrected chi connectivity index (χ3v) is 2.28. The van der Waals surface area contributed by atoms with Crippen molar-refractivity contribution < 1.29 is 9.90 Å². The van der Waals surface area contributed by atoms with E-state index < -0.39 is 0 Å². The second-order valence-electron chi connectivity index (χ2n) is 4.04. The maximum Gasteiger partial charge on any atom is 0.155 e. The number of rotatable bonds is 8. The number of hydrogen-bond donors (Lipinski definition) is 1. The summed E-state index contributed by atoms with van der Waals surface area (Å²) in [6.45, 7) is 2.29. The van der Waals surface area contributed by atoms with Gasteiger partial charge in [-0.1, -0.05) is 43.8 Å². The predicted octanol–water partition coefficient (Wildman–Crippen LogP) is 3.03. The topological polar surface area (TPSA) is 37.3 Å². The Morgan fingerprint density at radius 1 is 1.16 bits per heavy atom. The Kier molecular flexibility index (Phi) is 13.0. The lowest BCUT2D eigenvalue weighted by atomic mass is 10.1. The van der Waals surface area contributed by atoms with Gasteiger partial charge in [0.05, 0.1) is 0 Å². The Morgan fingerprint density at radius 3 is 2.74 bits per heavy atom. The van der Waals surface area contributed by atoms with Crippen molar-refractivity contribution in [3.63, 3.8) is 0 Å². The first-order valence-electron chi connectivity index (χ1n) is 6.76.